The Kier molecular flexibility index (Phi) is 4.90. The zero-order chi connectivity index (χ0) is 18.7. The maximum atomic E-state index is 12.7. The number of aryl methyl sites for hydroxylation is 2. The number of ketones is 1. The Labute approximate surface area is 153 Å². The quantitative estimate of drug-likeness (QED) is 0.690. The number of Topliss-reactive ketones (excluding diaryl/α,β-unsaturated/α-hetero) is 1. The van der Waals surface area contributed by atoms with Gasteiger partial charge in [0.25, 0.3) is 0 Å². The lowest BCUT2D eigenvalue weighted by atomic mass is 10.1. The molecule has 0 aliphatic carbocycles. The molecule has 0 spiro atoms. The molecule has 0 amide bonds. The van der Waals surface area contributed by atoms with Crippen LogP contribution in [0.1, 0.15) is 32.9 Å². The number of hydrogen-bond acceptors (Lipinski definition) is 3. The summed E-state index contributed by atoms with van der Waals surface area (Å²) in [5.74, 6) is 0.00389. The van der Waals surface area contributed by atoms with Crippen molar-refractivity contribution < 1.29 is 4.79 Å². The molecule has 0 saturated heterocycles. The highest BCUT2D eigenvalue weighted by Crippen LogP contribution is 2.22. The van der Waals surface area contributed by atoms with E-state index in [9.17, 15) is 4.79 Å². The van der Waals surface area contributed by atoms with Crippen LogP contribution in [0.3, 0.4) is 0 Å². The van der Waals surface area contributed by atoms with E-state index < -0.39 is 0 Å². The summed E-state index contributed by atoms with van der Waals surface area (Å²) >= 11 is 0. The fourth-order valence-electron chi connectivity index (χ4n) is 3.14. The van der Waals surface area contributed by atoms with Crippen molar-refractivity contribution in [3.8, 4) is 11.8 Å². The Morgan fingerprint density at radius 2 is 1.77 bits per heavy atom. The third-order valence-electron chi connectivity index (χ3n) is 4.51. The van der Waals surface area contributed by atoms with Crippen LogP contribution in [0.2, 0.25) is 0 Å². The monoisotopic (exact) mass is 343 g/mol. The van der Waals surface area contributed by atoms with Crippen LogP contribution in [0, 0.1) is 32.1 Å². The van der Waals surface area contributed by atoms with Gasteiger partial charge in [-0.2, -0.15) is 5.26 Å². The van der Waals surface area contributed by atoms with Gasteiger partial charge in [0.2, 0.25) is 0 Å². The lowest BCUT2D eigenvalue weighted by Gasteiger charge is -2.11. The largest absolute Gasteiger partial charge is 0.377 e. The maximum absolute atomic E-state index is 12.7. The summed E-state index contributed by atoms with van der Waals surface area (Å²) in [6.45, 7) is 6.17. The van der Waals surface area contributed by atoms with Crippen molar-refractivity contribution in [3.05, 3.63) is 82.7 Å². The molecule has 1 aromatic heterocycles. The average molecular weight is 343 g/mol. The molecule has 0 bridgehead atoms. The molecule has 0 radical (unpaired) electrons. The van der Waals surface area contributed by atoms with Crippen molar-refractivity contribution >= 4 is 11.5 Å². The number of rotatable bonds is 5. The smallest absolute Gasteiger partial charge is 0.183 e. The third kappa shape index (κ3) is 3.38. The topological polar surface area (TPSA) is 57.8 Å². The Hall–Kier alpha value is -3.32. The molecule has 0 aliphatic heterocycles. The summed E-state index contributed by atoms with van der Waals surface area (Å²) in [5.41, 5.74) is 6.10. The highest BCUT2D eigenvalue weighted by atomic mass is 16.1. The van der Waals surface area contributed by atoms with Crippen LogP contribution < -0.4 is 5.32 Å². The van der Waals surface area contributed by atoms with Gasteiger partial charge in [-0.3, -0.25) is 4.79 Å². The van der Waals surface area contributed by atoms with Crippen molar-refractivity contribution in [1.82, 2.24) is 4.57 Å². The normalized spacial score (nSPS) is 10.4. The summed E-state index contributed by atoms with van der Waals surface area (Å²) in [4.78, 5) is 12.7. The van der Waals surface area contributed by atoms with Gasteiger partial charge in [-0.25, -0.2) is 0 Å². The van der Waals surface area contributed by atoms with Crippen LogP contribution in [0.15, 0.2) is 54.6 Å². The van der Waals surface area contributed by atoms with Crippen LogP contribution >= 0.6 is 0 Å². The first-order valence-electron chi connectivity index (χ1n) is 8.53. The van der Waals surface area contributed by atoms with Crippen molar-refractivity contribution in [2.45, 2.75) is 20.8 Å². The van der Waals surface area contributed by atoms with Gasteiger partial charge in [0, 0.05) is 22.6 Å². The highest BCUT2D eigenvalue weighted by molar-refractivity contribution is 6.00. The van der Waals surface area contributed by atoms with Crippen LogP contribution in [-0.4, -0.2) is 16.9 Å². The number of nitriles is 1. The summed E-state index contributed by atoms with van der Waals surface area (Å²) in [6, 6.07) is 19.5. The second kappa shape index (κ2) is 7.28. The zero-order valence-corrected chi connectivity index (χ0v) is 15.2. The van der Waals surface area contributed by atoms with Gasteiger partial charge in [-0.05, 0) is 51.1 Å². The SMILES string of the molecule is Cc1ccc(-n2c(C)cc(C(=O)CNc3ccccc3C#N)c2C)cc1. The van der Waals surface area contributed by atoms with E-state index in [-0.39, 0.29) is 12.3 Å². The van der Waals surface area contributed by atoms with Crippen LogP contribution in [0.25, 0.3) is 5.69 Å². The summed E-state index contributed by atoms with van der Waals surface area (Å²) in [6.07, 6.45) is 0. The molecular weight excluding hydrogens is 322 g/mol. The van der Waals surface area contributed by atoms with Crippen molar-refractivity contribution in [2.75, 3.05) is 11.9 Å². The molecule has 2 aromatic carbocycles. The van der Waals surface area contributed by atoms with Crippen LogP contribution in [0.5, 0.6) is 0 Å². The van der Waals surface area contributed by atoms with E-state index in [0.717, 1.165) is 17.1 Å². The molecule has 4 heteroatoms. The summed E-state index contributed by atoms with van der Waals surface area (Å²) in [7, 11) is 0. The van der Waals surface area contributed by atoms with Crippen LogP contribution in [0.4, 0.5) is 5.69 Å². The molecule has 1 N–H and O–H groups in total. The van der Waals surface area contributed by atoms with Gasteiger partial charge >= 0.3 is 0 Å². The second-order valence-corrected chi connectivity index (χ2v) is 6.39. The Morgan fingerprint density at radius 3 is 2.46 bits per heavy atom. The standard InChI is InChI=1S/C22H21N3O/c1-15-8-10-19(11-9-15)25-16(2)12-20(17(25)3)22(26)14-24-21-7-5-4-6-18(21)13-23/h4-12,24H,14H2,1-3H3. The summed E-state index contributed by atoms with van der Waals surface area (Å²) in [5, 5.41) is 12.2. The Bertz CT molecular complexity index is 991. The lowest BCUT2D eigenvalue weighted by molar-refractivity contribution is 0.101. The molecule has 3 rings (SSSR count). The molecule has 3 aromatic rings. The third-order valence-corrected chi connectivity index (χ3v) is 4.51. The number of benzene rings is 2. The van der Waals surface area contributed by atoms with Gasteiger partial charge in [-0.15, -0.1) is 0 Å². The van der Waals surface area contributed by atoms with E-state index in [1.807, 2.05) is 26.0 Å². The number of carbonyl (C=O) groups is 1. The highest BCUT2D eigenvalue weighted by Gasteiger charge is 2.16. The number of hydrogen-bond donors (Lipinski definition) is 1. The molecule has 0 atom stereocenters. The van der Waals surface area contributed by atoms with E-state index in [2.05, 4.69) is 47.1 Å². The van der Waals surface area contributed by atoms with Crippen molar-refractivity contribution in [3.63, 3.8) is 0 Å². The van der Waals surface area contributed by atoms with E-state index in [0.29, 0.717) is 16.8 Å². The fraction of sp³-hybridized carbons (Fsp3) is 0.182. The van der Waals surface area contributed by atoms with Crippen molar-refractivity contribution in [2.24, 2.45) is 0 Å². The molecule has 0 aliphatic rings. The number of para-hydroxylation sites is 1. The average Bonchev–Trinajstić information content (AvgIpc) is 2.95. The Balaban J connectivity index is 1.84. The predicted octanol–water partition coefficient (Wildman–Crippen LogP) is 4.57. The number of nitrogens with zero attached hydrogens (tertiary/aromatic N) is 2. The van der Waals surface area contributed by atoms with Gasteiger partial charge in [0.15, 0.2) is 5.78 Å². The number of carbonyl (C=O) groups excluding carboxylic acids is 1. The zero-order valence-electron chi connectivity index (χ0n) is 15.2. The summed E-state index contributed by atoms with van der Waals surface area (Å²) < 4.78 is 2.09. The molecule has 1 heterocycles. The second-order valence-electron chi connectivity index (χ2n) is 6.39. The van der Waals surface area contributed by atoms with Crippen LogP contribution in [-0.2, 0) is 0 Å². The first kappa shape index (κ1) is 17.5. The van der Waals surface area contributed by atoms with E-state index >= 15 is 0 Å². The minimum Gasteiger partial charge on any atom is -0.377 e. The maximum Gasteiger partial charge on any atom is 0.183 e. The number of anilines is 1. The molecule has 130 valence electrons. The lowest BCUT2D eigenvalue weighted by Crippen LogP contribution is -2.15. The van der Waals surface area contributed by atoms with Gasteiger partial charge in [0.1, 0.15) is 6.07 Å². The minimum absolute atomic E-state index is 0.00389. The van der Waals surface area contributed by atoms with Gasteiger partial charge in [0.05, 0.1) is 17.8 Å². The van der Waals surface area contributed by atoms with Crippen molar-refractivity contribution in [1.29, 1.82) is 5.26 Å². The fourth-order valence-corrected chi connectivity index (χ4v) is 3.14. The van der Waals surface area contributed by atoms with Gasteiger partial charge in [-0.1, -0.05) is 29.8 Å². The molecule has 26 heavy (non-hydrogen) atoms. The van der Waals surface area contributed by atoms with E-state index in [4.69, 9.17) is 5.26 Å². The molecule has 0 fully saturated rings. The first-order valence-corrected chi connectivity index (χ1v) is 8.53. The number of nitrogens with one attached hydrogen (secondary N) is 1. The molecule has 0 unspecified atom stereocenters. The first-order chi connectivity index (χ1) is 12.5. The molecule has 0 saturated carbocycles. The minimum atomic E-state index is 0.00389. The molecular formula is C22H21N3O. The Morgan fingerprint density at radius 1 is 1.08 bits per heavy atom. The number of aromatic nitrogens is 1. The van der Waals surface area contributed by atoms with E-state index in [1.54, 1.807) is 18.2 Å². The van der Waals surface area contributed by atoms with E-state index in [1.165, 1.54) is 5.56 Å². The predicted molar refractivity (Wildman–Crippen MR) is 104 cm³/mol. The van der Waals surface area contributed by atoms with Gasteiger partial charge < -0.3 is 9.88 Å². The molecule has 4 nitrogen and oxygen atoms in total.